The van der Waals surface area contributed by atoms with E-state index in [4.69, 9.17) is 31.8 Å². The van der Waals surface area contributed by atoms with Crippen LogP contribution in [0.4, 0.5) is 13.2 Å². The summed E-state index contributed by atoms with van der Waals surface area (Å²) in [5, 5.41) is 15.6. The predicted octanol–water partition coefficient (Wildman–Crippen LogP) is 4.82. The highest BCUT2D eigenvalue weighted by Crippen LogP contribution is 2.37. The van der Waals surface area contributed by atoms with Crippen LogP contribution in [-0.4, -0.2) is 11.7 Å². The van der Waals surface area contributed by atoms with Gasteiger partial charge >= 0.3 is 6.18 Å². The number of nitrogens with one attached hydrogen (secondary N) is 2. The van der Waals surface area contributed by atoms with E-state index in [1.807, 2.05) is 0 Å². The van der Waals surface area contributed by atoms with E-state index in [2.05, 4.69) is 0 Å². The highest BCUT2D eigenvalue weighted by Gasteiger charge is 2.33. The van der Waals surface area contributed by atoms with Gasteiger partial charge in [0, 0.05) is 6.07 Å². The van der Waals surface area contributed by atoms with Gasteiger partial charge in [-0.25, -0.2) is 0 Å². The minimum Gasteiger partial charge on any atom is -0.478 e. The normalized spacial score (nSPS) is 13.1. The zero-order valence-electron chi connectivity index (χ0n) is 16.8. The number of nitrogens with two attached hydrogens (primary N) is 2. The third-order valence-corrected chi connectivity index (χ3v) is 4.48. The van der Waals surface area contributed by atoms with Crippen molar-refractivity contribution in [3.8, 4) is 11.5 Å². The molecule has 2 atom stereocenters. The van der Waals surface area contributed by atoms with Gasteiger partial charge in [-0.1, -0.05) is 60.7 Å². The number of hydrogen-bond donors (Lipinski definition) is 4. The number of rotatable bonds is 8. The number of hydrogen-bond acceptors (Lipinski definition) is 4. The van der Waals surface area contributed by atoms with E-state index in [1.54, 1.807) is 60.7 Å². The summed E-state index contributed by atoms with van der Waals surface area (Å²) in [5.41, 5.74) is 11.3. The molecule has 0 aromatic heterocycles. The molecule has 0 heterocycles. The van der Waals surface area contributed by atoms with Crippen LogP contribution in [0.1, 0.15) is 28.9 Å². The molecule has 0 bridgehead atoms. The summed E-state index contributed by atoms with van der Waals surface area (Å²) < 4.78 is 52.0. The Bertz CT molecular complexity index is 1010. The van der Waals surface area contributed by atoms with Crippen molar-refractivity contribution >= 4 is 11.7 Å². The fourth-order valence-electron chi connectivity index (χ4n) is 3.02. The minimum absolute atomic E-state index is 0.200. The standard InChI is InChI=1S/C23H21F3N4O2/c24-23(25,26)16-11-17(31-19(21(27)28)14-7-3-1-4-8-14)13-18(12-16)32-20(22(29)30)15-9-5-2-6-10-15/h1-13,19-20H,(H3,27,28)(H3,29,30). The zero-order valence-corrected chi connectivity index (χ0v) is 16.8. The van der Waals surface area contributed by atoms with Crippen LogP contribution in [0.15, 0.2) is 78.9 Å². The Morgan fingerprint density at radius 1 is 0.688 bits per heavy atom. The molecule has 0 spiro atoms. The second kappa shape index (κ2) is 9.42. The Morgan fingerprint density at radius 3 is 1.38 bits per heavy atom. The first-order valence-electron chi connectivity index (χ1n) is 9.48. The number of halogens is 3. The highest BCUT2D eigenvalue weighted by atomic mass is 19.4. The van der Waals surface area contributed by atoms with Gasteiger partial charge in [-0.3, -0.25) is 10.8 Å². The van der Waals surface area contributed by atoms with Crippen LogP contribution >= 0.6 is 0 Å². The Morgan fingerprint density at radius 2 is 1.06 bits per heavy atom. The van der Waals surface area contributed by atoms with E-state index in [0.717, 1.165) is 12.1 Å². The molecule has 32 heavy (non-hydrogen) atoms. The minimum atomic E-state index is -4.69. The summed E-state index contributed by atoms with van der Waals surface area (Å²) in [7, 11) is 0. The van der Waals surface area contributed by atoms with E-state index in [9.17, 15) is 13.2 Å². The van der Waals surface area contributed by atoms with E-state index in [-0.39, 0.29) is 23.2 Å². The monoisotopic (exact) mass is 442 g/mol. The first-order valence-corrected chi connectivity index (χ1v) is 9.48. The van der Waals surface area contributed by atoms with E-state index in [0.29, 0.717) is 11.1 Å². The van der Waals surface area contributed by atoms with E-state index < -0.39 is 23.9 Å². The lowest BCUT2D eigenvalue weighted by atomic mass is 10.1. The summed E-state index contributed by atoms with van der Waals surface area (Å²) >= 11 is 0. The molecule has 3 rings (SSSR count). The van der Waals surface area contributed by atoms with E-state index in [1.165, 1.54) is 6.07 Å². The molecule has 0 aliphatic carbocycles. The van der Waals surface area contributed by atoms with Crippen molar-refractivity contribution in [2.75, 3.05) is 0 Å². The zero-order chi connectivity index (χ0) is 23.3. The van der Waals surface area contributed by atoms with Crippen molar-refractivity contribution in [2.45, 2.75) is 18.4 Å². The average molecular weight is 442 g/mol. The molecule has 9 heteroatoms. The fourth-order valence-corrected chi connectivity index (χ4v) is 3.02. The van der Waals surface area contributed by atoms with Gasteiger partial charge in [-0.15, -0.1) is 0 Å². The highest BCUT2D eigenvalue weighted by molar-refractivity contribution is 5.84. The lowest BCUT2D eigenvalue weighted by Crippen LogP contribution is -2.26. The Kier molecular flexibility index (Phi) is 6.67. The Balaban J connectivity index is 1.99. The SMILES string of the molecule is N=C(N)C(Oc1cc(OC(C(=N)N)c2ccccc2)cc(C(F)(F)F)c1)c1ccccc1. The van der Waals surface area contributed by atoms with Gasteiger partial charge in [0.05, 0.1) is 5.56 Å². The lowest BCUT2D eigenvalue weighted by Gasteiger charge is -2.22. The molecule has 0 aliphatic heterocycles. The quantitative estimate of drug-likeness (QED) is 0.295. The molecule has 0 saturated carbocycles. The van der Waals surface area contributed by atoms with E-state index >= 15 is 0 Å². The van der Waals surface area contributed by atoms with Crippen LogP contribution in [-0.2, 0) is 6.18 Å². The van der Waals surface area contributed by atoms with Crippen LogP contribution in [0.3, 0.4) is 0 Å². The summed E-state index contributed by atoms with van der Waals surface area (Å²) in [6.45, 7) is 0. The van der Waals surface area contributed by atoms with Gasteiger partial charge in [-0.05, 0) is 23.3 Å². The molecule has 0 aliphatic rings. The van der Waals surface area contributed by atoms with Crippen LogP contribution in [0.2, 0.25) is 0 Å². The first kappa shape index (κ1) is 22.7. The van der Waals surface area contributed by atoms with Crippen molar-refractivity contribution in [3.63, 3.8) is 0 Å². The molecule has 166 valence electrons. The topological polar surface area (TPSA) is 118 Å². The summed E-state index contributed by atoms with van der Waals surface area (Å²) in [6, 6.07) is 19.8. The fraction of sp³-hybridized carbons (Fsp3) is 0.130. The molecular weight excluding hydrogens is 421 g/mol. The third kappa shape index (κ3) is 5.57. The molecule has 6 nitrogen and oxygen atoms in total. The maximum Gasteiger partial charge on any atom is 0.416 e. The lowest BCUT2D eigenvalue weighted by molar-refractivity contribution is -0.137. The second-order valence-corrected chi connectivity index (χ2v) is 6.92. The molecule has 3 aromatic carbocycles. The third-order valence-electron chi connectivity index (χ3n) is 4.48. The number of alkyl halides is 3. The smallest absolute Gasteiger partial charge is 0.416 e. The first-order chi connectivity index (χ1) is 15.1. The van der Waals surface area contributed by atoms with Crippen LogP contribution < -0.4 is 20.9 Å². The van der Waals surface area contributed by atoms with Crippen LogP contribution in [0, 0.1) is 10.8 Å². The summed E-state index contributed by atoms with van der Waals surface area (Å²) in [5.74, 6) is -1.15. The van der Waals surface area contributed by atoms with Crippen molar-refractivity contribution in [2.24, 2.45) is 11.5 Å². The van der Waals surface area contributed by atoms with Gasteiger partial charge in [0.25, 0.3) is 0 Å². The molecule has 0 radical (unpaired) electrons. The molecule has 6 N–H and O–H groups in total. The second-order valence-electron chi connectivity index (χ2n) is 6.92. The van der Waals surface area contributed by atoms with Crippen LogP contribution in [0.25, 0.3) is 0 Å². The average Bonchev–Trinajstić information content (AvgIpc) is 2.76. The largest absolute Gasteiger partial charge is 0.478 e. The maximum absolute atomic E-state index is 13.5. The van der Waals surface area contributed by atoms with Crippen molar-refractivity contribution in [1.82, 2.24) is 0 Å². The van der Waals surface area contributed by atoms with Gasteiger partial charge in [0.15, 0.2) is 12.2 Å². The van der Waals surface area contributed by atoms with Gasteiger partial charge in [0.1, 0.15) is 23.2 Å². The number of ether oxygens (including phenoxy) is 2. The summed E-state index contributed by atoms with van der Waals surface area (Å²) in [6.07, 6.45) is -6.87. The Hall–Kier alpha value is -4.01. The summed E-state index contributed by atoms with van der Waals surface area (Å²) in [4.78, 5) is 0. The molecule has 3 aromatic rings. The Labute approximate surface area is 182 Å². The van der Waals surface area contributed by atoms with Gasteiger partial charge in [-0.2, -0.15) is 13.2 Å². The number of amidine groups is 2. The van der Waals surface area contributed by atoms with Gasteiger partial charge < -0.3 is 20.9 Å². The molecule has 0 saturated heterocycles. The van der Waals surface area contributed by atoms with Gasteiger partial charge in [0.2, 0.25) is 0 Å². The van der Waals surface area contributed by atoms with Crippen molar-refractivity contribution < 1.29 is 22.6 Å². The van der Waals surface area contributed by atoms with Crippen molar-refractivity contribution in [1.29, 1.82) is 10.8 Å². The molecule has 0 fully saturated rings. The molecule has 2 unspecified atom stereocenters. The predicted molar refractivity (Wildman–Crippen MR) is 115 cm³/mol. The maximum atomic E-state index is 13.5. The van der Waals surface area contributed by atoms with Crippen LogP contribution in [0.5, 0.6) is 11.5 Å². The van der Waals surface area contributed by atoms with Crippen molar-refractivity contribution in [3.05, 3.63) is 95.6 Å². The number of benzene rings is 3. The molecule has 0 amide bonds. The molecular formula is C23H21F3N4O2.